The van der Waals surface area contributed by atoms with E-state index in [1.54, 1.807) is 31.4 Å². The van der Waals surface area contributed by atoms with Gasteiger partial charge >= 0.3 is 5.97 Å². The van der Waals surface area contributed by atoms with E-state index in [0.29, 0.717) is 37.6 Å². The number of Topliss-reactive ketones (excluding diaryl/α,β-unsaturated/α-hetero) is 1. The molecule has 0 atom stereocenters. The largest absolute Gasteiger partial charge is 0.462 e. The Labute approximate surface area is 125 Å². The van der Waals surface area contributed by atoms with Gasteiger partial charge in [-0.25, -0.2) is 4.79 Å². The van der Waals surface area contributed by atoms with Crippen LogP contribution in [0.3, 0.4) is 0 Å². The maximum Gasteiger partial charge on any atom is 0.338 e. The lowest BCUT2D eigenvalue weighted by molar-refractivity contribution is 0.0457. The molecule has 0 heterocycles. The molecule has 5 nitrogen and oxygen atoms in total. The molecule has 0 fully saturated rings. The molecule has 5 heteroatoms. The van der Waals surface area contributed by atoms with Crippen molar-refractivity contribution in [1.29, 1.82) is 0 Å². The summed E-state index contributed by atoms with van der Waals surface area (Å²) in [6.07, 6.45) is 1.59. The fraction of sp³-hybridized carbons (Fsp3) is 0.500. The zero-order valence-corrected chi connectivity index (χ0v) is 12.6. The number of hydrogen-bond donors (Lipinski definition) is 0. The van der Waals surface area contributed by atoms with Crippen molar-refractivity contribution >= 4 is 11.8 Å². The van der Waals surface area contributed by atoms with Gasteiger partial charge in [0.05, 0.1) is 25.4 Å². The van der Waals surface area contributed by atoms with E-state index >= 15 is 0 Å². The highest BCUT2D eigenvalue weighted by molar-refractivity contribution is 5.96. The molecule has 0 amide bonds. The lowest BCUT2D eigenvalue weighted by atomic mass is 10.1. The average Bonchev–Trinajstić information content (AvgIpc) is 2.49. The fourth-order valence-electron chi connectivity index (χ4n) is 1.64. The minimum atomic E-state index is -0.370. The van der Waals surface area contributed by atoms with E-state index in [0.717, 1.165) is 12.8 Å². The summed E-state index contributed by atoms with van der Waals surface area (Å²) >= 11 is 0. The molecule has 0 bridgehead atoms. The van der Waals surface area contributed by atoms with Crippen LogP contribution < -0.4 is 0 Å². The van der Waals surface area contributed by atoms with Crippen molar-refractivity contribution in [2.45, 2.75) is 19.8 Å². The lowest BCUT2D eigenvalue weighted by Crippen LogP contribution is -2.08. The van der Waals surface area contributed by atoms with Gasteiger partial charge in [0.2, 0.25) is 0 Å². The van der Waals surface area contributed by atoms with Crippen LogP contribution in [0, 0.1) is 0 Å². The van der Waals surface area contributed by atoms with Crippen LogP contribution in [0.4, 0.5) is 0 Å². The van der Waals surface area contributed by atoms with E-state index in [-0.39, 0.29) is 11.8 Å². The summed E-state index contributed by atoms with van der Waals surface area (Å²) < 4.78 is 15.3. The molecular weight excluding hydrogens is 272 g/mol. The van der Waals surface area contributed by atoms with E-state index in [9.17, 15) is 9.59 Å². The fourth-order valence-corrected chi connectivity index (χ4v) is 1.64. The molecule has 0 radical (unpaired) electrons. The van der Waals surface area contributed by atoms with Gasteiger partial charge in [0.1, 0.15) is 0 Å². The van der Waals surface area contributed by atoms with E-state index in [1.165, 1.54) is 6.92 Å². The number of benzene rings is 1. The first-order valence-corrected chi connectivity index (χ1v) is 7.00. The highest BCUT2D eigenvalue weighted by Crippen LogP contribution is 2.07. The van der Waals surface area contributed by atoms with Crippen molar-refractivity contribution in [3.05, 3.63) is 35.4 Å². The number of ketones is 1. The second-order valence-corrected chi connectivity index (χ2v) is 4.58. The third-order valence-corrected chi connectivity index (χ3v) is 2.88. The Balaban J connectivity index is 2.17. The van der Waals surface area contributed by atoms with Gasteiger partial charge in [-0.2, -0.15) is 0 Å². The number of esters is 1. The second-order valence-electron chi connectivity index (χ2n) is 4.58. The number of carbonyl (C=O) groups is 2. The van der Waals surface area contributed by atoms with E-state index < -0.39 is 0 Å². The number of rotatable bonds is 10. The van der Waals surface area contributed by atoms with E-state index in [4.69, 9.17) is 14.2 Å². The summed E-state index contributed by atoms with van der Waals surface area (Å²) in [6, 6.07) is 6.46. The number of carbonyl (C=O) groups excluding carboxylic acids is 2. The quantitative estimate of drug-likeness (QED) is 0.377. The smallest absolute Gasteiger partial charge is 0.338 e. The predicted octanol–water partition coefficient (Wildman–Crippen LogP) is 2.49. The lowest BCUT2D eigenvalue weighted by Gasteiger charge is -2.06. The molecule has 21 heavy (non-hydrogen) atoms. The van der Waals surface area contributed by atoms with Crippen LogP contribution in [0.2, 0.25) is 0 Å². The van der Waals surface area contributed by atoms with Gasteiger partial charge in [0.15, 0.2) is 5.78 Å². The van der Waals surface area contributed by atoms with E-state index in [1.807, 2.05) is 0 Å². The van der Waals surface area contributed by atoms with Crippen LogP contribution in [-0.4, -0.2) is 45.3 Å². The zero-order valence-electron chi connectivity index (χ0n) is 12.6. The highest BCUT2D eigenvalue weighted by atomic mass is 16.5. The van der Waals surface area contributed by atoms with Crippen molar-refractivity contribution < 1.29 is 23.8 Å². The molecule has 0 aliphatic heterocycles. The summed E-state index contributed by atoms with van der Waals surface area (Å²) in [6.45, 7) is 3.65. The zero-order chi connectivity index (χ0) is 15.5. The molecule has 0 spiro atoms. The number of ether oxygens (including phenoxy) is 3. The SMILES string of the molecule is COCCOCCCCOC(=O)c1ccc(C(C)=O)cc1. The summed E-state index contributed by atoms with van der Waals surface area (Å²) in [5, 5.41) is 0. The van der Waals surface area contributed by atoms with Crippen molar-refractivity contribution in [2.75, 3.05) is 33.5 Å². The van der Waals surface area contributed by atoms with Gasteiger partial charge in [-0.05, 0) is 31.9 Å². The standard InChI is InChI=1S/C16H22O5/c1-13(17)14-5-7-15(8-6-14)16(18)21-10-4-3-9-20-12-11-19-2/h5-8H,3-4,9-12H2,1-2H3. The minimum absolute atomic E-state index is 0.0246. The van der Waals surface area contributed by atoms with Crippen molar-refractivity contribution in [3.8, 4) is 0 Å². The highest BCUT2D eigenvalue weighted by Gasteiger charge is 2.07. The van der Waals surface area contributed by atoms with Crippen LogP contribution in [0.1, 0.15) is 40.5 Å². The molecule has 0 saturated heterocycles. The minimum Gasteiger partial charge on any atom is -0.462 e. The summed E-state index contributed by atoms with van der Waals surface area (Å²) in [5.41, 5.74) is 1.04. The molecule has 0 aromatic heterocycles. The first-order valence-electron chi connectivity index (χ1n) is 7.00. The molecule has 1 aromatic rings. The molecule has 0 unspecified atom stereocenters. The Morgan fingerprint density at radius 3 is 2.14 bits per heavy atom. The maximum absolute atomic E-state index is 11.7. The predicted molar refractivity (Wildman–Crippen MR) is 78.7 cm³/mol. The van der Waals surface area contributed by atoms with Gasteiger partial charge in [0, 0.05) is 19.3 Å². The number of unbranched alkanes of at least 4 members (excludes halogenated alkanes) is 1. The first-order chi connectivity index (χ1) is 10.1. The molecule has 0 saturated carbocycles. The molecule has 1 rings (SSSR count). The Morgan fingerprint density at radius 1 is 0.905 bits per heavy atom. The second kappa shape index (κ2) is 10.1. The van der Waals surface area contributed by atoms with Gasteiger partial charge in [0.25, 0.3) is 0 Å². The van der Waals surface area contributed by atoms with Crippen LogP contribution in [0.25, 0.3) is 0 Å². The van der Waals surface area contributed by atoms with Gasteiger partial charge < -0.3 is 14.2 Å². The topological polar surface area (TPSA) is 61.8 Å². The summed E-state index contributed by atoms with van der Waals surface area (Å²) in [4.78, 5) is 22.9. The normalized spacial score (nSPS) is 10.4. The van der Waals surface area contributed by atoms with Crippen LogP contribution >= 0.6 is 0 Å². The summed E-state index contributed by atoms with van der Waals surface area (Å²) in [7, 11) is 1.63. The first kappa shape index (κ1) is 17.3. The summed E-state index contributed by atoms with van der Waals surface area (Å²) in [5.74, 6) is -0.395. The molecule has 1 aromatic carbocycles. The van der Waals surface area contributed by atoms with Crippen molar-refractivity contribution in [3.63, 3.8) is 0 Å². The molecule has 0 N–H and O–H groups in total. The third-order valence-electron chi connectivity index (χ3n) is 2.88. The van der Waals surface area contributed by atoms with Crippen LogP contribution in [0.15, 0.2) is 24.3 Å². The van der Waals surface area contributed by atoms with Gasteiger partial charge in [-0.1, -0.05) is 12.1 Å². The van der Waals surface area contributed by atoms with Crippen LogP contribution in [-0.2, 0) is 14.2 Å². The Hall–Kier alpha value is -1.72. The van der Waals surface area contributed by atoms with Crippen LogP contribution in [0.5, 0.6) is 0 Å². The maximum atomic E-state index is 11.7. The monoisotopic (exact) mass is 294 g/mol. The molecule has 0 aliphatic rings. The van der Waals surface area contributed by atoms with Crippen molar-refractivity contribution in [2.24, 2.45) is 0 Å². The van der Waals surface area contributed by atoms with Gasteiger partial charge in [-0.15, -0.1) is 0 Å². The molecule has 0 aliphatic carbocycles. The third kappa shape index (κ3) is 7.02. The molecular formula is C16H22O5. The Kier molecular flexibility index (Phi) is 8.31. The average molecular weight is 294 g/mol. The van der Waals surface area contributed by atoms with E-state index in [2.05, 4.69) is 0 Å². The molecule has 116 valence electrons. The Morgan fingerprint density at radius 2 is 1.52 bits per heavy atom. The number of methoxy groups -OCH3 is 1. The Bertz CT molecular complexity index is 438. The van der Waals surface area contributed by atoms with Gasteiger partial charge in [-0.3, -0.25) is 4.79 Å². The van der Waals surface area contributed by atoms with Crippen molar-refractivity contribution in [1.82, 2.24) is 0 Å². The number of hydrogen-bond acceptors (Lipinski definition) is 5.